The van der Waals surface area contributed by atoms with E-state index in [9.17, 15) is 4.39 Å². The summed E-state index contributed by atoms with van der Waals surface area (Å²) in [4.78, 5) is 0. The van der Waals surface area contributed by atoms with Crippen LogP contribution in [0.1, 0.15) is 0 Å². The summed E-state index contributed by atoms with van der Waals surface area (Å²) in [7, 11) is 0. The van der Waals surface area contributed by atoms with Crippen molar-refractivity contribution in [2.24, 2.45) is 5.73 Å². The first-order valence-corrected chi connectivity index (χ1v) is 2.28. The molecule has 0 amide bonds. The zero-order chi connectivity index (χ0) is 5.28. The third kappa shape index (κ3) is 0.894. The van der Waals surface area contributed by atoms with E-state index in [0.29, 0.717) is 6.61 Å². The van der Waals surface area contributed by atoms with Gasteiger partial charge in [0.15, 0.2) is 0 Å². The Morgan fingerprint density at radius 3 is 2.43 bits per heavy atom. The van der Waals surface area contributed by atoms with E-state index in [-0.39, 0.29) is 12.6 Å². The number of hydrogen-bond donors (Lipinski definition) is 1. The molecule has 1 aliphatic rings. The highest BCUT2D eigenvalue weighted by molar-refractivity contribution is 4.76. The lowest BCUT2D eigenvalue weighted by atomic mass is 10.3. The van der Waals surface area contributed by atoms with Crippen molar-refractivity contribution >= 4 is 0 Å². The first kappa shape index (κ1) is 5.00. The number of ether oxygens (including phenoxy) is 1. The van der Waals surface area contributed by atoms with Crippen LogP contribution in [0.2, 0.25) is 0 Å². The molecular formula is C4H8FNO. The van der Waals surface area contributed by atoms with E-state index in [1.54, 1.807) is 0 Å². The van der Waals surface area contributed by atoms with Gasteiger partial charge in [0, 0.05) is 0 Å². The van der Waals surface area contributed by atoms with Crippen LogP contribution < -0.4 is 5.73 Å². The molecule has 0 unspecified atom stereocenters. The average molecular weight is 105 g/mol. The van der Waals surface area contributed by atoms with Gasteiger partial charge in [-0.05, 0) is 0 Å². The van der Waals surface area contributed by atoms with Gasteiger partial charge in [-0.2, -0.15) is 0 Å². The second-order valence-corrected chi connectivity index (χ2v) is 1.72. The first-order chi connectivity index (χ1) is 3.30. The summed E-state index contributed by atoms with van der Waals surface area (Å²) in [6.45, 7) is 0.558. The molecule has 1 fully saturated rings. The molecular weight excluding hydrogens is 97.0 g/mol. The Morgan fingerprint density at radius 2 is 2.29 bits per heavy atom. The van der Waals surface area contributed by atoms with E-state index in [1.807, 2.05) is 0 Å². The molecule has 0 aromatic rings. The molecule has 0 aliphatic carbocycles. The van der Waals surface area contributed by atoms with Crippen molar-refractivity contribution in [2.75, 3.05) is 13.2 Å². The van der Waals surface area contributed by atoms with E-state index in [0.717, 1.165) is 0 Å². The van der Waals surface area contributed by atoms with Gasteiger partial charge in [-0.3, -0.25) is 0 Å². The van der Waals surface area contributed by atoms with E-state index < -0.39 is 6.17 Å². The lowest BCUT2D eigenvalue weighted by Gasteiger charge is -1.98. The van der Waals surface area contributed by atoms with Crippen LogP contribution in [0, 0.1) is 0 Å². The SMILES string of the molecule is N[C@@H]1COC[C@H]1F. The first-order valence-electron chi connectivity index (χ1n) is 2.28. The Kier molecular flexibility index (Phi) is 1.25. The minimum Gasteiger partial charge on any atom is -0.377 e. The molecule has 0 saturated carbocycles. The summed E-state index contributed by atoms with van der Waals surface area (Å²) < 4.78 is 16.7. The molecule has 2 atom stereocenters. The second kappa shape index (κ2) is 1.76. The third-order valence-electron chi connectivity index (χ3n) is 1.05. The number of alkyl halides is 1. The van der Waals surface area contributed by atoms with Crippen LogP contribution in [0.4, 0.5) is 4.39 Å². The van der Waals surface area contributed by atoms with Gasteiger partial charge >= 0.3 is 0 Å². The molecule has 1 saturated heterocycles. The highest BCUT2D eigenvalue weighted by atomic mass is 19.1. The minimum absolute atomic E-state index is 0.182. The molecule has 2 N–H and O–H groups in total. The molecule has 2 nitrogen and oxygen atoms in total. The van der Waals surface area contributed by atoms with E-state index in [2.05, 4.69) is 4.74 Å². The molecule has 0 spiro atoms. The van der Waals surface area contributed by atoms with Crippen LogP contribution in [0.5, 0.6) is 0 Å². The van der Waals surface area contributed by atoms with E-state index in [4.69, 9.17) is 5.73 Å². The molecule has 1 heterocycles. The summed E-state index contributed by atoms with van der Waals surface area (Å²) in [6.07, 6.45) is -0.931. The lowest BCUT2D eigenvalue weighted by molar-refractivity contribution is 0.173. The number of rotatable bonds is 0. The van der Waals surface area contributed by atoms with Crippen LogP contribution in [0.15, 0.2) is 0 Å². The smallest absolute Gasteiger partial charge is 0.141 e. The van der Waals surface area contributed by atoms with Gasteiger partial charge in [0.25, 0.3) is 0 Å². The van der Waals surface area contributed by atoms with Crippen LogP contribution in [0.3, 0.4) is 0 Å². The Bertz CT molecular complexity index is 60.7. The van der Waals surface area contributed by atoms with Crippen molar-refractivity contribution in [2.45, 2.75) is 12.2 Å². The minimum atomic E-state index is -0.931. The maximum atomic E-state index is 12.1. The van der Waals surface area contributed by atoms with Crippen molar-refractivity contribution in [1.29, 1.82) is 0 Å². The van der Waals surface area contributed by atoms with Gasteiger partial charge in [0.05, 0.1) is 19.3 Å². The van der Waals surface area contributed by atoms with Crippen molar-refractivity contribution in [3.63, 3.8) is 0 Å². The molecule has 0 aromatic carbocycles. The molecule has 1 rings (SSSR count). The maximum Gasteiger partial charge on any atom is 0.141 e. The summed E-state index contributed by atoms with van der Waals surface area (Å²) in [5, 5.41) is 0. The Labute approximate surface area is 41.4 Å². The maximum absolute atomic E-state index is 12.1. The van der Waals surface area contributed by atoms with Crippen molar-refractivity contribution in [3.05, 3.63) is 0 Å². The zero-order valence-corrected chi connectivity index (χ0v) is 3.93. The van der Waals surface area contributed by atoms with Gasteiger partial charge in [0.1, 0.15) is 6.17 Å². The summed E-state index contributed by atoms with van der Waals surface area (Å²) in [6, 6.07) is -0.375. The number of nitrogens with two attached hydrogens (primary N) is 1. The fraction of sp³-hybridized carbons (Fsp3) is 1.00. The Hall–Kier alpha value is -0.150. The quantitative estimate of drug-likeness (QED) is 0.458. The van der Waals surface area contributed by atoms with Crippen molar-refractivity contribution in [3.8, 4) is 0 Å². The third-order valence-corrected chi connectivity index (χ3v) is 1.05. The normalized spacial score (nSPS) is 42.0. The fourth-order valence-electron chi connectivity index (χ4n) is 0.545. The molecule has 0 bridgehead atoms. The number of halogens is 1. The largest absolute Gasteiger partial charge is 0.377 e. The van der Waals surface area contributed by atoms with E-state index >= 15 is 0 Å². The molecule has 0 aromatic heterocycles. The lowest BCUT2D eigenvalue weighted by Crippen LogP contribution is -2.29. The fourth-order valence-corrected chi connectivity index (χ4v) is 0.545. The standard InChI is InChI=1S/C4H8FNO/c5-3-1-7-2-4(3)6/h3-4H,1-2,6H2/t3-,4-/m1/s1. The van der Waals surface area contributed by atoms with Crippen LogP contribution in [-0.2, 0) is 4.74 Å². The van der Waals surface area contributed by atoms with Gasteiger partial charge in [-0.25, -0.2) is 4.39 Å². The van der Waals surface area contributed by atoms with Crippen LogP contribution in [0.25, 0.3) is 0 Å². The summed E-state index contributed by atoms with van der Waals surface area (Å²) >= 11 is 0. The molecule has 1 aliphatic heterocycles. The van der Waals surface area contributed by atoms with Crippen molar-refractivity contribution < 1.29 is 9.13 Å². The topological polar surface area (TPSA) is 35.2 Å². The van der Waals surface area contributed by atoms with E-state index in [1.165, 1.54) is 0 Å². The van der Waals surface area contributed by atoms with Gasteiger partial charge in [-0.1, -0.05) is 0 Å². The second-order valence-electron chi connectivity index (χ2n) is 1.72. The predicted octanol–water partition coefficient (Wildman–Crippen LogP) is -0.318. The monoisotopic (exact) mass is 105 g/mol. The highest BCUT2D eigenvalue weighted by Gasteiger charge is 2.23. The Morgan fingerprint density at radius 1 is 1.57 bits per heavy atom. The van der Waals surface area contributed by atoms with Gasteiger partial charge in [-0.15, -0.1) is 0 Å². The van der Waals surface area contributed by atoms with Gasteiger partial charge in [0.2, 0.25) is 0 Å². The van der Waals surface area contributed by atoms with Crippen LogP contribution in [-0.4, -0.2) is 25.4 Å². The molecule has 3 heteroatoms. The molecule has 0 radical (unpaired) electrons. The zero-order valence-electron chi connectivity index (χ0n) is 3.93. The molecule has 42 valence electrons. The number of hydrogen-bond acceptors (Lipinski definition) is 2. The Balaban J connectivity index is 2.33. The van der Waals surface area contributed by atoms with Gasteiger partial charge < -0.3 is 10.5 Å². The predicted molar refractivity (Wildman–Crippen MR) is 23.7 cm³/mol. The highest BCUT2D eigenvalue weighted by Crippen LogP contribution is 2.05. The van der Waals surface area contributed by atoms with Crippen molar-refractivity contribution in [1.82, 2.24) is 0 Å². The van der Waals surface area contributed by atoms with Crippen LogP contribution >= 0.6 is 0 Å². The molecule has 7 heavy (non-hydrogen) atoms. The summed E-state index contributed by atoms with van der Waals surface area (Å²) in [5.74, 6) is 0. The summed E-state index contributed by atoms with van der Waals surface area (Å²) in [5.41, 5.74) is 5.18. The average Bonchev–Trinajstić information content (AvgIpc) is 1.91.